The monoisotopic (exact) mass is 285 g/mol. The van der Waals surface area contributed by atoms with Gasteiger partial charge in [-0.2, -0.15) is 0 Å². The minimum atomic E-state index is -0.894. The molecule has 0 fully saturated rings. The van der Waals surface area contributed by atoms with Crippen molar-refractivity contribution in [1.82, 2.24) is 5.32 Å². The second kappa shape index (κ2) is 7.33. The Morgan fingerprint density at radius 1 is 1.30 bits per heavy atom. The van der Waals surface area contributed by atoms with Crippen molar-refractivity contribution < 1.29 is 18.3 Å². The fraction of sp³-hybridized carbons (Fsp3) is 0.533. The average molecular weight is 285 g/mol. The molecule has 0 saturated carbocycles. The van der Waals surface area contributed by atoms with Crippen molar-refractivity contribution in [2.24, 2.45) is 5.92 Å². The number of nitrogens with one attached hydrogen (secondary N) is 1. The van der Waals surface area contributed by atoms with Crippen LogP contribution < -0.4 is 5.32 Å². The smallest absolute Gasteiger partial charge is 0.322 e. The van der Waals surface area contributed by atoms with E-state index in [2.05, 4.69) is 5.32 Å². The first kappa shape index (κ1) is 16.6. The van der Waals surface area contributed by atoms with E-state index in [0.717, 1.165) is 6.07 Å². The summed E-state index contributed by atoms with van der Waals surface area (Å²) in [5.41, 5.74) is 0.197. The maximum atomic E-state index is 13.7. The maximum absolute atomic E-state index is 13.7. The van der Waals surface area contributed by atoms with Crippen molar-refractivity contribution in [2.45, 2.75) is 39.3 Å². The van der Waals surface area contributed by atoms with Crippen LogP contribution in [0.25, 0.3) is 0 Å². The molecule has 20 heavy (non-hydrogen) atoms. The van der Waals surface area contributed by atoms with Gasteiger partial charge in [-0.1, -0.05) is 26.0 Å². The molecule has 5 heteroatoms. The first-order valence-corrected chi connectivity index (χ1v) is 6.64. The quantitative estimate of drug-likeness (QED) is 0.816. The molecule has 0 heterocycles. The number of hydrogen-bond acceptors (Lipinski definition) is 3. The number of halogens is 2. The topological polar surface area (TPSA) is 38.3 Å². The molecule has 0 aromatic heterocycles. The van der Waals surface area contributed by atoms with Crippen LogP contribution in [0.15, 0.2) is 18.2 Å². The highest BCUT2D eigenvalue weighted by molar-refractivity contribution is 5.75. The van der Waals surface area contributed by atoms with Crippen molar-refractivity contribution in [3.8, 4) is 0 Å². The SMILES string of the molecule is COC(=O)C(CC(C)C)NC(C)c1cccc(F)c1F. The maximum Gasteiger partial charge on any atom is 0.322 e. The number of benzene rings is 1. The van der Waals surface area contributed by atoms with Gasteiger partial charge in [-0.05, 0) is 25.3 Å². The molecule has 0 aliphatic carbocycles. The van der Waals surface area contributed by atoms with Gasteiger partial charge >= 0.3 is 5.97 Å². The van der Waals surface area contributed by atoms with E-state index >= 15 is 0 Å². The number of carbonyl (C=O) groups excluding carboxylic acids is 1. The summed E-state index contributed by atoms with van der Waals surface area (Å²) in [7, 11) is 1.31. The van der Waals surface area contributed by atoms with Gasteiger partial charge in [0.15, 0.2) is 11.6 Å². The summed E-state index contributed by atoms with van der Waals surface area (Å²) in [4.78, 5) is 11.7. The summed E-state index contributed by atoms with van der Waals surface area (Å²) >= 11 is 0. The van der Waals surface area contributed by atoms with Crippen molar-refractivity contribution in [3.05, 3.63) is 35.4 Å². The first-order chi connectivity index (χ1) is 9.36. The lowest BCUT2D eigenvalue weighted by Crippen LogP contribution is -2.40. The molecule has 0 bridgehead atoms. The molecule has 2 unspecified atom stereocenters. The number of ether oxygens (including phenoxy) is 1. The van der Waals surface area contributed by atoms with Crippen molar-refractivity contribution in [3.63, 3.8) is 0 Å². The highest BCUT2D eigenvalue weighted by atomic mass is 19.2. The molecule has 112 valence electrons. The third kappa shape index (κ3) is 4.27. The molecule has 2 atom stereocenters. The van der Waals surface area contributed by atoms with E-state index in [0.29, 0.717) is 6.42 Å². The third-order valence-electron chi connectivity index (χ3n) is 3.09. The highest BCUT2D eigenvalue weighted by Gasteiger charge is 2.24. The first-order valence-electron chi connectivity index (χ1n) is 6.64. The van der Waals surface area contributed by atoms with Gasteiger partial charge in [-0.3, -0.25) is 10.1 Å². The van der Waals surface area contributed by atoms with Crippen LogP contribution in [0, 0.1) is 17.6 Å². The van der Waals surface area contributed by atoms with Gasteiger partial charge in [-0.25, -0.2) is 8.78 Å². The number of carbonyl (C=O) groups is 1. The predicted octanol–water partition coefficient (Wildman–Crippen LogP) is 3.20. The van der Waals surface area contributed by atoms with Crippen LogP contribution in [0.5, 0.6) is 0 Å². The lowest BCUT2D eigenvalue weighted by atomic mass is 10.0. The Morgan fingerprint density at radius 3 is 2.50 bits per heavy atom. The van der Waals surface area contributed by atoms with E-state index in [-0.39, 0.29) is 11.5 Å². The van der Waals surface area contributed by atoms with E-state index in [1.54, 1.807) is 6.92 Å². The number of rotatable bonds is 6. The standard InChI is InChI=1S/C15H21F2NO2/c1-9(2)8-13(15(19)20-4)18-10(3)11-6-5-7-12(16)14(11)17/h5-7,9-10,13,18H,8H2,1-4H3. The number of esters is 1. The van der Waals surface area contributed by atoms with Gasteiger partial charge in [0.25, 0.3) is 0 Å². The van der Waals surface area contributed by atoms with Gasteiger partial charge in [0, 0.05) is 11.6 Å². The van der Waals surface area contributed by atoms with Gasteiger partial charge in [-0.15, -0.1) is 0 Å². The molecule has 0 spiro atoms. The van der Waals surface area contributed by atoms with Crippen molar-refractivity contribution in [1.29, 1.82) is 0 Å². The molecule has 0 aliphatic heterocycles. The van der Waals surface area contributed by atoms with Gasteiger partial charge < -0.3 is 4.74 Å². The number of methoxy groups -OCH3 is 1. The molecule has 0 saturated heterocycles. The Labute approximate surface area is 118 Å². The van der Waals surface area contributed by atoms with E-state index in [4.69, 9.17) is 4.74 Å². The van der Waals surface area contributed by atoms with Gasteiger partial charge in [0.2, 0.25) is 0 Å². The zero-order chi connectivity index (χ0) is 15.3. The van der Waals surface area contributed by atoms with Gasteiger partial charge in [0.05, 0.1) is 7.11 Å². The molecule has 1 aromatic carbocycles. The second-order valence-electron chi connectivity index (χ2n) is 5.24. The zero-order valence-electron chi connectivity index (χ0n) is 12.2. The van der Waals surface area contributed by atoms with Crippen LogP contribution in [0.4, 0.5) is 8.78 Å². The molecule has 0 radical (unpaired) electrons. The van der Waals surface area contributed by atoms with E-state index < -0.39 is 29.7 Å². The van der Waals surface area contributed by atoms with Crippen LogP contribution in [0.2, 0.25) is 0 Å². The van der Waals surface area contributed by atoms with Crippen molar-refractivity contribution >= 4 is 5.97 Å². The Kier molecular flexibility index (Phi) is 6.07. The third-order valence-corrected chi connectivity index (χ3v) is 3.09. The highest BCUT2D eigenvalue weighted by Crippen LogP contribution is 2.20. The Bertz CT molecular complexity index is 463. The van der Waals surface area contributed by atoms with Crippen molar-refractivity contribution in [2.75, 3.05) is 7.11 Å². The Morgan fingerprint density at radius 2 is 1.95 bits per heavy atom. The molecule has 1 N–H and O–H groups in total. The molecule has 3 nitrogen and oxygen atoms in total. The van der Waals surface area contributed by atoms with Gasteiger partial charge in [0.1, 0.15) is 6.04 Å². The summed E-state index contributed by atoms with van der Waals surface area (Å²) in [6, 6.07) is 2.98. The van der Waals surface area contributed by atoms with Crippen LogP contribution in [-0.2, 0) is 9.53 Å². The summed E-state index contributed by atoms with van der Waals surface area (Å²) in [5.74, 6) is -1.91. The predicted molar refractivity (Wildman–Crippen MR) is 73.2 cm³/mol. The average Bonchev–Trinajstić information content (AvgIpc) is 2.39. The van der Waals surface area contributed by atoms with E-state index in [9.17, 15) is 13.6 Å². The van der Waals surface area contributed by atoms with E-state index in [1.165, 1.54) is 19.2 Å². The molecule has 0 amide bonds. The lowest BCUT2D eigenvalue weighted by Gasteiger charge is -2.23. The summed E-state index contributed by atoms with van der Waals surface area (Å²) in [6.45, 7) is 5.64. The fourth-order valence-electron chi connectivity index (χ4n) is 2.09. The summed E-state index contributed by atoms with van der Waals surface area (Å²) < 4.78 is 31.7. The zero-order valence-corrected chi connectivity index (χ0v) is 12.2. The molecule has 0 aliphatic rings. The Balaban J connectivity index is 2.87. The lowest BCUT2D eigenvalue weighted by molar-refractivity contribution is -0.143. The van der Waals surface area contributed by atoms with Crippen LogP contribution >= 0.6 is 0 Å². The number of hydrogen-bond donors (Lipinski definition) is 1. The molecular formula is C15H21F2NO2. The van der Waals surface area contributed by atoms with Crippen LogP contribution in [0.3, 0.4) is 0 Å². The van der Waals surface area contributed by atoms with E-state index in [1.807, 2.05) is 13.8 Å². The Hall–Kier alpha value is -1.49. The summed E-state index contributed by atoms with van der Waals surface area (Å²) in [5, 5.41) is 3.00. The van der Waals surface area contributed by atoms with Crippen LogP contribution in [0.1, 0.15) is 38.8 Å². The molecule has 1 rings (SSSR count). The second-order valence-corrected chi connectivity index (χ2v) is 5.24. The fourth-order valence-corrected chi connectivity index (χ4v) is 2.09. The normalized spacial score (nSPS) is 14.2. The minimum absolute atomic E-state index is 0.197. The summed E-state index contributed by atoms with van der Waals surface area (Å²) in [6.07, 6.45) is 0.563. The van der Waals surface area contributed by atoms with Crippen LogP contribution in [-0.4, -0.2) is 19.1 Å². The molecular weight excluding hydrogens is 264 g/mol. The largest absolute Gasteiger partial charge is 0.468 e. The molecule has 1 aromatic rings. The minimum Gasteiger partial charge on any atom is -0.468 e.